The zero-order valence-electron chi connectivity index (χ0n) is 30.8. The van der Waals surface area contributed by atoms with E-state index >= 15 is 0 Å². The molecule has 2 nitrogen and oxygen atoms in total. The van der Waals surface area contributed by atoms with Crippen molar-refractivity contribution in [2.45, 2.75) is 0 Å². The molecule has 0 spiro atoms. The van der Waals surface area contributed by atoms with Crippen molar-refractivity contribution in [3.63, 3.8) is 0 Å². The summed E-state index contributed by atoms with van der Waals surface area (Å²) in [5.41, 5.74) is 16.4. The maximum atomic E-state index is 2.42. The lowest BCUT2D eigenvalue weighted by atomic mass is 9.98. The molecule has 2 heteroatoms. The first-order valence-electron chi connectivity index (χ1n) is 19.2. The molecule has 0 fully saturated rings. The minimum absolute atomic E-state index is 1.09. The molecule has 0 aliphatic heterocycles. The Kier molecular flexibility index (Phi) is 8.55. The van der Waals surface area contributed by atoms with Crippen LogP contribution in [0, 0.1) is 0 Å². The number of rotatable bonds is 8. The van der Waals surface area contributed by atoms with Gasteiger partial charge in [0, 0.05) is 33.4 Å². The highest BCUT2D eigenvalue weighted by molar-refractivity contribution is 6.16. The van der Waals surface area contributed by atoms with Gasteiger partial charge >= 0.3 is 0 Å². The van der Waals surface area contributed by atoms with E-state index in [1.54, 1.807) is 0 Å². The molecule has 0 aliphatic rings. The fourth-order valence-corrected chi connectivity index (χ4v) is 8.16. The average molecular weight is 715 g/mol. The molecule has 10 rings (SSSR count). The molecule has 9 aromatic carbocycles. The first-order chi connectivity index (χ1) is 27.8. The third-order valence-electron chi connectivity index (χ3n) is 10.8. The smallest absolute Gasteiger partial charge is 0.0547 e. The summed E-state index contributed by atoms with van der Waals surface area (Å²) in [6.07, 6.45) is 0. The Hall–Kier alpha value is -7.42. The number of aromatic nitrogens is 1. The number of nitrogens with zero attached hydrogens (tertiary/aromatic N) is 2. The number of benzene rings is 9. The third kappa shape index (κ3) is 6.04. The number of fused-ring (bicyclic) bond motifs is 3. The van der Waals surface area contributed by atoms with Gasteiger partial charge in [-0.3, -0.25) is 0 Å². The summed E-state index contributed by atoms with van der Waals surface area (Å²) < 4.78 is 2.40. The normalized spacial score (nSPS) is 11.2. The second-order valence-corrected chi connectivity index (χ2v) is 14.1. The molecular weight excluding hydrogens is 677 g/mol. The molecule has 0 unspecified atom stereocenters. The predicted molar refractivity (Wildman–Crippen MR) is 237 cm³/mol. The summed E-state index contributed by atoms with van der Waals surface area (Å²) in [4.78, 5) is 2.42. The van der Waals surface area contributed by atoms with Gasteiger partial charge in [-0.05, 0) is 93.5 Å². The SMILES string of the molecule is c1ccc(-c2ccc(-c3ccc(N(c4ccc5c(c4)c4c(-c6ccccc6)cccc4n5-c4ccccc4)c4ccccc4-c4ccccc4)cc3)cc2)cc1. The van der Waals surface area contributed by atoms with Crippen LogP contribution >= 0.6 is 0 Å². The van der Waals surface area contributed by atoms with Crippen LogP contribution in [0.25, 0.3) is 72.0 Å². The molecular formula is C54H38N2. The van der Waals surface area contributed by atoms with Crippen LogP contribution in [0.3, 0.4) is 0 Å². The average Bonchev–Trinajstić information content (AvgIpc) is 3.62. The fourth-order valence-electron chi connectivity index (χ4n) is 8.16. The van der Waals surface area contributed by atoms with Gasteiger partial charge in [-0.2, -0.15) is 0 Å². The first-order valence-corrected chi connectivity index (χ1v) is 19.2. The standard InChI is InChI=1S/C54H38N2/c1-5-16-39(17-6-1)40-28-30-41(31-29-40)42-32-34-46(35-33-42)55(51-26-14-13-24-48(51)43-18-7-2-8-19-43)47-36-37-52-50(38-47)54-49(44-20-9-3-10-21-44)25-15-27-53(54)56(52)45-22-11-4-12-23-45/h1-38H. The highest BCUT2D eigenvalue weighted by Crippen LogP contribution is 2.45. The van der Waals surface area contributed by atoms with E-state index in [9.17, 15) is 0 Å². The van der Waals surface area contributed by atoms with E-state index in [0.717, 1.165) is 22.7 Å². The van der Waals surface area contributed by atoms with Crippen LogP contribution in [0.1, 0.15) is 0 Å². The van der Waals surface area contributed by atoms with E-state index in [1.165, 1.54) is 66.3 Å². The largest absolute Gasteiger partial charge is 0.310 e. The number of anilines is 3. The Morgan fingerprint density at radius 1 is 0.304 bits per heavy atom. The maximum absolute atomic E-state index is 2.42. The third-order valence-corrected chi connectivity index (χ3v) is 10.8. The molecule has 0 N–H and O–H groups in total. The van der Waals surface area contributed by atoms with Crippen LogP contribution in [0.4, 0.5) is 17.1 Å². The van der Waals surface area contributed by atoms with E-state index < -0.39 is 0 Å². The quantitative estimate of drug-likeness (QED) is 0.152. The van der Waals surface area contributed by atoms with Crippen LogP contribution in [-0.4, -0.2) is 4.57 Å². The number of hydrogen-bond acceptors (Lipinski definition) is 1. The van der Waals surface area contributed by atoms with Crippen molar-refractivity contribution in [2.75, 3.05) is 4.90 Å². The molecule has 0 atom stereocenters. The zero-order valence-corrected chi connectivity index (χ0v) is 30.8. The van der Waals surface area contributed by atoms with Gasteiger partial charge in [0.25, 0.3) is 0 Å². The van der Waals surface area contributed by atoms with Crippen molar-refractivity contribution < 1.29 is 0 Å². The predicted octanol–water partition coefficient (Wildman–Crippen LogP) is 14.9. The van der Waals surface area contributed by atoms with Gasteiger partial charge in [0.15, 0.2) is 0 Å². The summed E-state index contributed by atoms with van der Waals surface area (Å²) >= 11 is 0. The van der Waals surface area contributed by atoms with Crippen molar-refractivity contribution in [3.8, 4) is 50.2 Å². The Balaban J connectivity index is 1.16. The summed E-state index contributed by atoms with van der Waals surface area (Å²) in [5.74, 6) is 0. The van der Waals surface area contributed by atoms with Gasteiger partial charge in [-0.1, -0.05) is 176 Å². The van der Waals surface area contributed by atoms with Crippen LogP contribution in [0.2, 0.25) is 0 Å². The summed E-state index contributed by atoms with van der Waals surface area (Å²) in [7, 11) is 0. The molecule has 0 bridgehead atoms. The summed E-state index contributed by atoms with van der Waals surface area (Å²) in [5, 5.41) is 2.45. The van der Waals surface area contributed by atoms with Crippen LogP contribution in [0.15, 0.2) is 231 Å². The Morgan fingerprint density at radius 3 is 1.39 bits per heavy atom. The van der Waals surface area contributed by atoms with Crippen LogP contribution in [-0.2, 0) is 0 Å². The van der Waals surface area contributed by atoms with Crippen molar-refractivity contribution in [1.82, 2.24) is 4.57 Å². The highest BCUT2D eigenvalue weighted by Gasteiger charge is 2.21. The van der Waals surface area contributed by atoms with E-state index in [4.69, 9.17) is 0 Å². The van der Waals surface area contributed by atoms with Crippen LogP contribution in [0.5, 0.6) is 0 Å². The molecule has 56 heavy (non-hydrogen) atoms. The van der Waals surface area contributed by atoms with Gasteiger partial charge < -0.3 is 9.47 Å². The minimum Gasteiger partial charge on any atom is -0.310 e. The topological polar surface area (TPSA) is 8.17 Å². The molecule has 0 amide bonds. The Bertz CT molecular complexity index is 2910. The first kappa shape index (κ1) is 33.2. The molecule has 1 aromatic heterocycles. The van der Waals surface area contributed by atoms with Crippen LogP contribution < -0.4 is 4.90 Å². The van der Waals surface area contributed by atoms with E-state index in [1.807, 2.05) is 0 Å². The van der Waals surface area contributed by atoms with Crippen molar-refractivity contribution in [3.05, 3.63) is 231 Å². The highest BCUT2D eigenvalue weighted by atomic mass is 15.1. The summed E-state index contributed by atoms with van der Waals surface area (Å²) in [6, 6.07) is 83.0. The lowest BCUT2D eigenvalue weighted by Gasteiger charge is -2.28. The monoisotopic (exact) mass is 714 g/mol. The van der Waals surface area contributed by atoms with Gasteiger partial charge in [-0.15, -0.1) is 0 Å². The lowest BCUT2D eigenvalue weighted by molar-refractivity contribution is 1.18. The maximum Gasteiger partial charge on any atom is 0.0547 e. The van der Waals surface area contributed by atoms with Crippen molar-refractivity contribution in [1.29, 1.82) is 0 Å². The summed E-state index contributed by atoms with van der Waals surface area (Å²) in [6.45, 7) is 0. The van der Waals surface area contributed by atoms with Gasteiger partial charge in [0.1, 0.15) is 0 Å². The van der Waals surface area contributed by atoms with Gasteiger partial charge in [-0.25, -0.2) is 0 Å². The van der Waals surface area contributed by atoms with Gasteiger partial charge in [0.05, 0.1) is 16.7 Å². The number of hydrogen-bond donors (Lipinski definition) is 0. The molecule has 10 aromatic rings. The zero-order chi connectivity index (χ0) is 37.3. The van der Waals surface area contributed by atoms with E-state index in [0.29, 0.717) is 0 Å². The minimum atomic E-state index is 1.09. The van der Waals surface area contributed by atoms with Gasteiger partial charge in [0.2, 0.25) is 0 Å². The number of para-hydroxylation sites is 2. The molecule has 264 valence electrons. The molecule has 0 aliphatic carbocycles. The molecule has 1 heterocycles. The molecule has 0 saturated carbocycles. The lowest BCUT2D eigenvalue weighted by Crippen LogP contribution is -2.11. The Labute approximate surface area is 327 Å². The Morgan fingerprint density at radius 2 is 0.768 bits per heavy atom. The second kappa shape index (κ2) is 14.4. The van der Waals surface area contributed by atoms with Crippen molar-refractivity contribution in [2.24, 2.45) is 0 Å². The second-order valence-electron chi connectivity index (χ2n) is 14.1. The molecule has 0 saturated heterocycles. The van der Waals surface area contributed by atoms with Crippen molar-refractivity contribution >= 4 is 38.9 Å². The van der Waals surface area contributed by atoms with E-state index in [2.05, 4.69) is 240 Å². The fraction of sp³-hybridized carbons (Fsp3) is 0. The molecule has 0 radical (unpaired) electrons. The van der Waals surface area contributed by atoms with E-state index in [-0.39, 0.29) is 0 Å².